The molecule has 0 saturated carbocycles. The number of anilines is 1. The van der Waals surface area contributed by atoms with Crippen LogP contribution < -0.4 is 4.90 Å². The minimum absolute atomic E-state index is 0.0197. The maximum absolute atomic E-state index is 13.9. The largest absolute Gasteiger partial charge is 0.334 e. The Balaban J connectivity index is 1.45. The number of benzene rings is 3. The molecule has 2 heterocycles. The van der Waals surface area contributed by atoms with E-state index in [1.54, 1.807) is 12.2 Å². The van der Waals surface area contributed by atoms with E-state index in [1.807, 2.05) is 59.2 Å². The van der Waals surface area contributed by atoms with Gasteiger partial charge in [0.25, 0.3) is 0 Å². The summed E-state index contributed by atoms with van der Waals surface area (Å²) in [5.74, 6) is 0.0473. The van der Waals surface area contributed by atoms with E-state index in [1.165, 1.54) is 6.92 Å². The van der Waals surface area contributed by atoms with Crippen molar-refractivity contribution in [1.29, 1.82) is 0 Å². The van der Waals surface area contributed by atoms with Gasteiger partial charge in [-0.05, 0) is 98.6 Å². The molecule has 7 heteroatoms. The smallest absolute Gasteiger partial charge is 0.230 e. The van der Waals surface area contributed by atoms with Crippen molar-refractivity contribution < 1.29 is 9.59 Å². The normalized spacial score (nSPS) is 14.8. The van der Waals surface area contributed by atoms with Gasteiger partial charge in [0, 0.05) is 23.7 Å². The Hall–Kier alpha value is -3.74. The van der Waals surface area contributed by atoms with Crippen molar-refractivity contribution >= 4 is 46.1 Å². The molecule has 0 unspecified atom stereocenters. The summed E-state index contributed by atoms with van der Waals surface area (Å²) in [5.41, 5.74) is 6.60. The van der Waals surface area contributed by atoms with Gasteiger partial charge in [-0.15, -0.1) is 0 Å². The van der Waals surface area contributed by atoms with E-state index >= 15 is 0 Å². The molecule has 0 bridgehead atoms. The van der Waals surface area contributed by atoms with Crippen LogP contribution in [0.4, 0.5) is 5.69 Å². The molecule has 0 radical (unpaired) electrons. The number of likely N-dealkylation sites (tertiary alicyclic amines) is 1. The average Bonchev–Trinajstić information content (AvgIpc) is 3.31. The lowest BCUT2D eigenvalue weighted by Gasteiger charge is -2.33. The summed E-state index contributed by atoms with van der Waals surface area (Å²) in [6, 6.07) is 20.0. The molecule has 1 aliphatic rings. The molecule has 200 valence electrons. The number of ketones is 1. The number of aryl methyl sites for hydroxylation is 1. The average molecular weight is 541 g/mol. The molecule has 5 rings (SSSR count). The van der Waals surface area contributed by atoms with Crippen LogP contribution in [0.25, 0.3) is 28.2 Å². The number of rotatable bonds is 7. The van der Waals surface area contributed by atoms with E-state index in [2.05, 4.69) is 41.2 Å². The Morgan fingerprint density at radius 2 is 1.77 bits per heavy atom. The first-order valence-corrected chi connectivity index (χ1v) is 13.6. The Kier molecular flexibility index (Phi) is 7.96. The van der Waals surface area contributed by atoms with Gasteiger partial charge in [-0.25, -0.2) is 4.98 Å². The van der Waals surface area contributed by atoms with E-state index in [-0.39, 0.29) is 17.6 Å². The molecular formula is C32H33ClN4O2. The van der Waals surface area contributed by atoms with Gasteiger partial charge in [-0.2, -0.15) is 0 Å². The standard InChI is InChI=1S/C32H33ClN4O2/c1-22(38)7-8-23-5-4-6-28(17-23)37(32(39)24-13-15-35(2)16-14-24)20-27-10-9-25(18-29(27)33)26-11-12-31-30(19-26)34-21-36(31)3/h4-12,17-19,21,24H,13-16,20H2,1-3H3/b8-7+. The van der Waals surface area contributed by atoms with Crippen molar-refractivity contribution in [3.05, 3.63) is 89.2 Å². The number of hydrogen-bond acceptors (Lipinski definition) is 4. The van der Waals surface area contributed by atoms with Crippen LogP contribution in [0, 0.1) is 5.92 Å². The number of halogens is 1. The number of allylic oxidation sites excluding steroid dienone is 1. The topological polar surface area (TPSA) is 58.4 Å². The maximum Gasteiger partial charge on any atom is 0.230 e. The highest BCUT2D eigenvalue weighted by molar-refractivity contribution is 6.31. The van der Waals surface area contributed by atoms with Gasteiger partial charge < -0.3 is 14.4 Å². The first-order valence-electron chi connectivity index (χ1n) is 13.3. The summed E-state index contributed by atoms with van der Waals surface area (Å²) in [6.45, 7) is 3.70. The van der Waals surface area contributed by atoms with Gasteiger partial charge in [0.15, 0.2) is 5.78 Å². The summed E-state index contributed by atoms with van der Waals surface area (Å²) < 4.78 is 2.00. The summed E-state index contributed by atoms with van der Waals surface area (Å²) in [6.07, 6.45) is 6.80. The molecule has 1 saturated heterocycles. The highest BCUT2D eigenvalue weighted by Gasteiger charge is 2.29. The second kappa shape index (κ2) is 11.6. The third-order valence-corrected chi connectivity index (χ3v) is 7.82. The minimum atomic E-state index is -0.0410. The zero-order valence-corrected chi connectivity index (χ0v) is 23.4. The van der Waals surface area contributed by atoms with E-state index in [0.29, 0.717) is 11.6 Å². The minimum Gasteiger partial charge on any atom is -0.334 e. The SMILES string of the molecule is CC(=O)/C=C/c1cccc(N(Cc2ccc(-c3ccc4c(c3)ncn4C)cc2Cl)C(=O)C2CCN(C)CC2)c1. The molecular weight excluding hydrogens is 508 g/mol. The molecule has 3 aromatic carbocycles. The van der Waals surface area contributed by atoms with Crippen molar-refractivity contribution in [3.63, 3.8) is 0 Å². The summed E-state index contributed by atoms with van der Waals surface area (Å²) in [5, 5.41) is 0.613. The van der Waals surface area contributed by atoms with Gasteiger partial charge in [0.05, 0.1) is 23.9 Å². The first-order chi connectivity index (χ1) is 18.8. The molecule has 0 atom stereocenters. The van der Waals surface area contributed by atoms with Crippen LogP contribution in [0.2, 0.25) is 5.02 Å². The maximum atomic E-state index is 13.9. The third kappa shape index (κ3) is 6.13. The molecule has 0 aliphatic carbocycles. The van der Waals surface area contributed by atoms with E-state index < -0.39 is 0 Å². The molecule has 39 heavy (non-hydrogen) atoms. The lowest BCUT2D eigenvalue weighted by atomic mass is 9.94. The van der Waals surface area contributed by atoms with E-state index in [9.17, 15) is 9.59 Å². The quantitative estimate of drug-likeness (QED) is 0.255. The van der Waals surface area contributed by atoms with Crippen LogP contribution in [0.3, 0.4) is 0 Å². The van der Waals surface area contributed by atoms with Gasteiger partial charge in [0.1, 0.15) is 0 Å². The lowest BCUT2D eigenvalue weighted by molar-refractivity contribution is -0.123. The van der Waals surface area contributed by atoms with Crippen molar-refractivity contribution in [2.45, 2.75) is 26.3 Å². The number of carbonyl (C=O) groups is 2. The molecule has 6 nitrogen and oxygen atoms in total. The van der Waals surface area contributed by atoms with Crippen LogP contribution in [0.15, 0.2) is 73.1 Å². The van der Waals surface area contributed by atoms with Crippen molar-refractivity contribution in [3.8, 4) is 11.1 Å². The second-order valence-electron chi connectivity index (χ2n) is 10.4. The van der Waals surface area contributed by atoms with E-state index in [0.717, 1.165) is 64.9 Å². The fourth-order valence-corrected chi connectivity index (χ4v) is 5.36. The number of imidazole rings is 1. The van der Waals surface area contributed by atoms with Gasteiger partial charge in [-0.1, -0.05) is 48.0 Å². The van der Waals surface area contributed by atoms with Crippen molar-refractivity contribution in [2.75, 3.05) is 25.0 Å². The molecule has 1 aromatic heterocycles. The van der Waals surface area contributed by atoms with Gasteiger partial charge >= 0.3 is 0 Å². The molecule has 0 spiro atoms. The highest BCUT2D eigenvalue weighted by Crippen LogP contribution is 2.31. The Bertz CT molecular complexity index is 1550. The van der Waals surface area contributed by atoms with Gasteiger partial charge in [0.2, 0.25) is 5.91 Å². The predicted octanol–water partition coefficient (Wildman–Crippen LogP) is 6.37. The third-order valence-electron chi connectivity index (χ3n) is 7.47. The summed E-state index contributed by atoms with van der Waals surface area (Å²) in [7, 11) is 4.07. The van der Waals surface area contributed by atoms with Crippen molar-refractivity contribution in [1.82, 2.24) is 14.5 Å². The van der Waals surface area contributed by atoms with Crippen LogP contribution in [0.1, 0.15) is 30.9 Å². The van der Waals surface area contributed by atoms with Crippen molar-refractivity contribution in [2.24, 2.45) is 13.0 Å². The monoisotopic (exact) mass is 540 g/mol. The second-order valence-corrected chi connectivity index (χ2v) is 10.8. The van der Waals surface area contributed by atoms with Crippen LogP contribution >= 0.6 is 11.6 Å². The first kappa shape index (κ1) is 26.9. The Morgan fingerprint density at radius 1 is 1.03 bits per heavy atom. The Labute approximate surface area is 234 Å². The number of amides is 1. The molecule has 4 aromatic rings. The fraction of sp³-hybridized carbons (Fsp3) is 0.281. The number of nitrogens with zero attached hydrogens (tertiary/aromatic N) is 4. The molecule has 1 amide bonds. The summed E-state index contributed by atoms with van der Waals surface area (Å²) >= 11 is 6.85. The van der Waals surface area contributed by atoms with Crippen LogP contribution in [-0.2, 0) is 23.2 Å². The highest BCUT2D eigenvalue weighted by atomic mass is 35.5. The number of fused-ring (bicyclic) bond motifs is 1. The lowest BCUT2D eigenvalue weighted by Crippen LogP contribution is -2.41. The molecule has 0 N–H and O–H groups in total. The Morgan fingerprint density at radius 3 is 2.51 bits per heavy atom. The fourth-order valence-electron chi connectivity index (χ4n) is 5.12. The van der Waals surface area contributed by atoms with Gasteiger partial charge in [-0.3, -0.25) is 9.59 Å². The number of piperidine rings is 1. The van der Waals surface area contributed by atoms with E-state index in [4.69, 9.17) is 11.6 Å². The molecule has 1 fully saturated rings. The van der Waals surface area contributed by atoms with Crippen LogP contribution in [-0.4, -0.2) is 46.3 Å². The van der Waals surface area contributed by atoms with Crippen LogP contribution in [0.5, 0.6) is 0 Å². The summed E-state index contributed by atoms with van der Waals surface area (Å²) in [4.78, 5) is 34.0. The zero-order chi connectivity index (χ0) is 27.5. The number of carbonyl (C=O) groups excluding carboxylic acids is 2. The predicted molar refractivity (Wildman–Crippen MR) is 159 cm³/mol. The number of aromatic nitrogens is 2. The number of hydrogen-bond donors (Lipinski definition) is 0. The molecule has 1 aliphatic heterocycles. The zero-order valence-electron chi connectivity index (χ0n) is 22.6.